The summed E-state index contributed by atoms with van der Waals surface area (Å²) >= 11 is 12.4. The molecule has 0 bridgehead atoms. The first-order chi connectivity index (χ1) is 21.4. The highest BCUT2D eigenvalue weighted by Gasteiger charge is 2.56. The summed E-state index contributed by atoms with van der Waals surface area (Å²) in [6.45, 7) is 3.66. The molecular weight excluding hydrogens is 647 g/mol. The molecule has 45 heavy (non-hydrogen) atoms. The van der Waals surface area contributed by atoms with Gasteiger partial charge in [-0.1, -0.05) is 83.4 Å². The maximum absolute atomic E-state index is 14.7. The zero-order valence-corrected chi connectivity index (χ0v) is 28.1. The third-order valence-corrected chi connectivity index (χ3v) is 15.0. The zero-order valence-electron chi connectivity index (χ0n) is 24.9. The molecule has 5 nitrogen and oxygen atoms in total. The fraction of sp³-hybridized carbons (Fsp3) is 0.306. The van der Waals surface area contributed by atoms with Crippen molar-refractivity contribution in [1.82, 2.24) is 0 Å². The molecule has 2 aliphatic carbocycles. The smallest absolute Gasteiger partial charge is 0.182 e. The summed E-state index contributed by atoms with van der Waals surface area (Å²) in [7, 11) is -7.86. The molecule has 2 saturated carbocycles. The second-order valence-electron chi connectivity index (χ2n) is 12.4. The maximum Gasteiger partial charge on any atom is 0.182 e. The van der Waals surface area contributed by atoms with Gasteiger partial charge in [-0.25, -0.2) is 16.8 Å². The summed E-state index contributed by atoms with van der Waals surface area (Å²) in [4.78, 5) is 14.5. The van der Waals surface area contributed by atoms with E-state index in [2.05, 4.69) is 0 Å². The van der Waals surface area contributed by atoms with Crippen LogP contribution in [0.1, 0.15) is 53.4 Å². The van der Waals surface area contributed by atoms with Crippen molar-refractivity contribution >= 4 is 48.7 Å². The number of Topliss-reactive ketones (excluding diaryl/α,β-unsaturated/α-hetero) is 1. The molecule has 9 heteroatoms. The van der Waals surface area contributed by atoms with Crippen LogP contribution in [0.15, 0.2) is 107 Å². The Labute approximate surface area is 275 Å². The number of benzene rings is 4. The van der Waals surface area contributed by atoms with Crippen molar-refractivity contribution in [2.75, 3.05) is 0 Å². The Balaban J connectivity index is 1.52. The number of hydrogen-bond donors (Lipinski definition) is 0. The van der Waals surface area contributed by atoms with Gasteiger partial charge in [0, 0.05) is 34.2 Å². The van der Waals surface area contributed by atoms with Gasteiger partial charge in [0.15, 0.2) is 19.7 Å². The van der Waals surface area contributed by atoms with E-state index in [9.17, 15) is 21.6 Å². The maximum atomic E-state index is 14.7. The molecule has 0 heterocycles. The van der Waals surface area contributed by atoms with Crippen molar-refractivity contribution in [3.8, 4) is 0 Å². The SMILES string of the molecule is Cc1ccc(S(=O)(=O)C2[C@H]3C[C@@H](c4ccc(Cl)cc4)C(S(=O)(=O)c4ccccc4C)C[C@H]3C(=O)C[C@H]2c2ccc(Cl)cc2)cc1. The Morgan fingerprint density at radius 3 is 1.76 bits per heavy atom. The van der Waals surface area contributed by atoms with Gasteiger partial charge in [0.25, 0.3) is 0 Å². The minimum absolute atomic E-state index is 0.00129. The van der Waals surface area contributed by atoms with Crippen LogP contribution in [-0.2, 0) is 24.5 Å². The van der Waals surface area contributed by atoms with E-state index in [0.29, 0.717) is 15.6 Å². The number of halogens is 2. The summed E-state index contributed by atoms with van der Waals surface area (Å²) < 4.78 is 58.2. The van der Waals surface area contributed by atoms with E-state index in [0.717, 1.165) is 16.7 Å². The third-order valence-electron chi connectivity index (χ3n) is 9.73. The van der Waals surface area contributed by atoms with Gasteiger partial charge in [-0.2, -0.15) is 0 Å². The quantitative estimate of drug-likeness (QED) is 0.205. The van der Waals surface area contributed by atoms with E-state index in [1.165, 1.54) is 0 Å². The number of sulfone groups is 2. The van der Waals surface area contributed by atoms with Crippen LogP contribution in [0.4, 0.5) is 0 Å². The molecule has 0 N–H and O–H groups in total. The van der Waals surface area contributed by atoms with Crippen LogP contribution in [0, 0.1) is 25.7 Å². The first-order valence-corrected chi connectivity index (χ1v) is 18.9. The van der Waals surface area contributed by atoms with E-state index < -0.39 is 53.8 Å². The van der Waals surface area contributed by atoms with Crippen molar-refractivity contribution < 1.29 is 21.6 Å². The molecule has 4 aromatic carbocycles. The average molecular weight is 682 g/mol. The molecule has 2 fully saturated rings. The molecule has 0 saturated heterocycles. The third kappa shape index (κ3) is 6.00. The van der Waals surface area contributed by atoms with Gasteiger partial charge in [-0.15, -0.1) is 0 Å². The van der Waals surface area contributed by atoms with Gasteiger partial charge in [-0.3, -0.25) is 4.79 Å². The topological polar surface area (TPSA) is 85.3 Å². The van der Waals surface area contributed by atoms with Crippen molar-refractivity contribution in [2.45, 2.75) is 65.2 Å². The highest BCUT2D eigenvalue weighted by molar-refractivity contribution is 7.92. The normalized spacial score (nSPS) is 25.5. The predicted molar refractivity (Wildman–Crippen MR) is 179 cm³/mol. The molecule has 2 unspecified atom stereocenters. The number of aryl methyl sites for hydroxylation is 2. The summed E-state index contributed by atoms with van der Waals surface area (Å²) in [5, 5.41) is -0.830. The Morgan fingerprint density at radius 1 is 0.622 bits per heavy atom. The van der Waals surface area contributed by atoms with Crippen LogP contribution in [-0.4, -0.2) is 33.1 Å². The molecule has 6 atom stereocenters. The number of fused-ring (bicyclic) bond motifs is 1. The van der Waals surface area contributed by atoms with Crippen molar-refractivity contribution in [3.05, 3.63) is 129 Å². The largest absolute Gasteiger partial charge is 0.299 e. The number of hydrogen-bond acceptors (Lipinski definition) is 5. The van der Waals surface area contributed by atoms with Crippen LogP contribution < -0.4 is 0 Å². The van der Waals surface area contributed by atoms with E-state index in [1.807, 2.05) is 19.1 Å². The highest BCUT2D eigenvalue weighted by atomic mass is 35.5. The lowest BCUT2D eigenvalue weighted by Crippen LogP contribution is -2.53. The number of carbonyl (C=O) groups excluding carboxylic acids is 1. The molecule has 0 amide bonds. The van der Waals surface area contributed by atoms with Crippen molar-refractivity contribution in [3.63, 3.8) is 0 Å². The minimum Gasteiger partial charge on any atom is -0.299 e. The predicted octanol–water partition coefficient (Wildman–Crippen LogP) is 8.16. The van der Waals surface area contributed by atoms with Gasteiger partial charge >= 0.3 is 0 Å². The Bertz CT molecular complexity index is 1940. The lowest BCUT2D eigenvalue weighted by molar-refractivity contribution is -0.128. The van der Waals surface area contributed by atoms with Crippen LogP contribution in [0.5, 0.6) is 0 Å². The second-order valence-corrected chi connectivity index (χ2v) is 17.5. The van der Waals surface area contributed by atoms with Gasteiger partial charge < -0.3 is 0 Å². The molecule has 0 radical (unpaired) electrons. The molecule has 0 aliphatic heterocycles. The van der Waals surface area contributed by atoms with Gasteiger partial charge in [0.2, 0.25) is 0 Å². The van der Waals surface area contributed by atoms with Crippen LogP contribution in [0.25, 0.3) is 0 Å². The van der Waals surface area contributed by atoms with Crippen molar-refractivity contribution in [2.24, 2.45) is 11.8 Å². The van der Waals surface area contributed by atoms with Crippen molar-refractivity contribution in [1.29, 1.82) is 0 Å². The lowest BCUT2D eigenvalue weighted by atomic mass is 9.62. The standard InChI is InChI=1S/C36H34Cl2O5S2/c1-22-7-17-28(18-8-22)44(40,41)36-30(25-11-15-27(38)16-12-25)20-33(39)31-21-35(45(42,43)34-6-4-3-5-23(34)2)29(19-32(31)36)24-9-13-26(37)14-10-24/h3-18,29-32,35-36H,19-21H2,1-2H3/t29-,30-,31+,32-,35?,36?/m0/s1. The molecular formula is C36H34Cl2O5S2. The fourth-order valence-corrected chi connectivity index (χ4v) is 12.3. The lowest BCUT2D eigenvalue weighted by Gasteiger charge is -2.48. The first kappa shape index (κ1) is 32.0. The van der Waals surface area contributed by atoms with Gasteiger partial charge in [0.1, 0.15) is 5.78 Å². The average Bonchev–Trinajstić information content (AvgIpc) is 3.01. The van der Waals surface area contributed by atoms with Crippen LogP contribution >= 0.6 is 23.2 Å². The molecule has 4 aromatic rings. The summed E-state index contributed by atoms with van der Waals surface area (Å²) in [5.74, 6) is -2.61. The van der Waals surface area contributed by atoms with Gasteiger partial charge in [-0.05, 0) is 91.8 Å². The minimum atomic E-state index is -3.96. The van der Waals surface area contributed by atoms with Gasteiger partial charge in [0.05, 0.1) is 20.3 Å². The summed E-state index contributed by atoms with van der Waals surface area (Å²) in [5.41, 5.74) is 3.05. The Hall–Kier alpha value is -2.97. The summed E-state index contributed by atoms with van der Waals surface area (Å²) in [6.07, 6.45) is 0.260. The Morgan fingerprint density at radius 2 is 1.18 bits per heavy atom. The molecule has 0 spiro atoms. The van der Waals surface area contributed by atoms with E-state index in [4.69, 9.17) is 23.2 Å². The first-order valence-electron chi connectivity index (χ1n) is 15.0. The molecule has 2 aliphatic rings. The molecule has 234 valence electrons. The monoisotopic (exact) mass is 680 g/mol. The second kappa shape index (κ2) is 12.3. The molecule has 0 aromatic heterocycles. The number of carbonyl (C=O) groups is 1. The van der Waals surface area contributed by atoms with Crippen LogP contribution in [0.3, 0.4) is 0 Å². The fourth-order valence-electron chi connectivity index (χ4n) is 7.51. The zero-order chi connectivity index (χ0) is 32.1. The van der Waals surface area contributed by atoms with E-state index in [1.54, 1.807) is 91.9 Å². The Kier molecular flexibility index (Phi) is 8.76. The van der Waals surface area contributed by atoms with Crippen LogP contribution in [0.2, 0.25) is 10.0 Å². The number of rotatable bonds is 6. The van der Waals surface area contributed by atoms with E-state index >= 15 is 0 Å². The summed E-state index contributed by atoms with van der Waals surface area (Å²) in [6, 6.07) is 27.8. The van der Waals surface area contributed by atoms with E-state index in [-0.39, 0.29) is 34.8 Å². The number of ketones is 1. The molecule has 6 rings (SSSR count). The highest BCUT2D eigenvalue weighted by Crippen LogP contribution is 2.54.